The van der Waals surface area contributed by atoms with Gasteiger partial charge in [-0.05, 0) is 56.3 Å². The van der Waals surface area contributed by atoms with Gasteiger partial charge in [0.05, 0.1) is 12.6 Å². The van der Waals surface area contributed by atoms with Crippen LogP contribution in [0.15, 0.2) is 17.5 Å². The van der Waals surface area contributed by atoms with E-state index in [1.807, 2.05) is 6.07 Å². The van der Waals surface area contributed by atoms with Crippen LogP contribution in [-0.2, 0) is 4.79 Å². The number of fused-ring (bicyclic) bond motifs is 1. The fraction of sp³-hybridized carbons (Fsp3) is 0.667. The van der Waals surface area contributed by atoms with Crippen LogP contribution in [-0.4, -0.2) is 43.5 Å². The first-order valence-corrected chi connectivity index (χ1v) is 8.36. The Morgan fingerprint density at radius 1 is 1.55 bits per heavy atom. The standard InChI is InChI=1S/C15H23N3OS/c1-11(14-3-2-6-20-14)17-15(19)10-18-5-4-12-7-16-8-13(12)9-18/h2-3,6,11-13,16H,4-5,7-10H2,1H3,(H,17,19). The number of nitrogens with zero attached hydrogens (tertiary/aromatic N) is 1. The molecule has 2 fully saturated rings. The summed E-state index contributed by atoms with van der Waals surface area (Å²) >= 11 is 1.70. The summed E-state index contributed by atoms with van der Waals surface area (Å²) in [4.78, 5) is 15.7. The summed E-state index contributed by atoms with van der Waals surface area (Å²) in [6.45, 7) is 7.01. The highest BCUT2D eigenvalue weighted by Gasteiger charge is 2.33. The third kappa shape index (κ3) is 3.22. The lowest BCUT2D eigenvalue weighted by Crippen LogP contribution is -2.45. The minimum atomic E-state index is 0.119. The molecule has 2 aliphatic heterocycles. The lowest BCUT2D eigenvalue weighted by molar-refractivity contribution is -0.123. The average molecular weight is 293 g/mol. The van der Waals surface area contributed by atoms with Crippen molar-refractivity contribution in [1.29, 1.82) is 0 Å². The highest BCUT2D eigenvalue weighted by atomic mass is 32.1. The lowest BCUT2D eigenvalue weighted by Gasteiger charge is -2.34. The maximum atomic E-state index is 12.1. The van der Waals surface area contributed by atoms with Gasteiger partial charge >= 0.3 is 0 Å². The van der Waals surface area contributed by atoms with Crippen LogP contribution in [0, 0.1) is 11.8 Å². The highest BCUT2D eigenvalue weighted by molar-refractivity contribution is 7.10. The Hall–Kier alpha value is -0.910. The van der Waals surface area contributed by atoms with Crippen molar-refractivity contribution in [1.82, 2.24) is 15.5 Å². The zero-order valence-corrected chi connectivity index (χ0v) is 12.8. The fourth-order valence-corrected chi connectivity index (χ4v) is 4.09. The van der Waals surface area contributed by atoms with E-state index in [4.69, 9.17) is 0 Å². The molecular weight excluding hydrogens is 270 g/mol. The van der Waals surface area contributed by atoms with Crippen molar-refractivity contribution in [3.8, 4) is 0 Å². The Labute approximate surface area is 124 Å². The minimum absolute atomic E-state index is 0.119. The Balaban J connectivity index is 1.47. The maximum Gasteiger partial charge on any atom is 0.234 e. The number of nitrogens with one attached hydrogen (secondary N) is 2. The van der Waals surface area contributed by atoms with Gasteiger partial charge in [0.25, 0.3) is 0 Å². The van der Waals surface area contributed by atoms with Crippen LogP contribution < -0.4 is 10.6 Å². The largest absolute Gasteiger partial charge is 0.348 e. The first-order valence-electron chi connectivity index (χ1n) is 7.48. The molecule has 4 nitrogen and oxygen atoms in total. The Morgan fingerprint density at radius 2 is 2.40 bits per heavy atom. The summed E-state index contributed by atoms with van der Waals surface area (Å²) in [5.41, 5.74) is 0. The zero-order chi connectivity index (χ0) is 13.9. The van der Waals surface area contributed by atoms with Crippen molar-refractivity contribution < 1.29 is 4.79 Å². The van der Waals surface area contributed by atoms with Crippen LogP contribution in [0.4, 0.5) is 0 Å². The number of piperidine rings is 1. The monoisotopic (exact) mass is 293 g/mol. The van der Waals surface area contributed by atoms with Gasteiger partial charge in [-0.15, -0.1) is 11.3 Å². The molecule has 0 spiro atoms. The van der Waals surface area contributed by atoms with E-state index < -0.39 is 0 Å². The third-order valence-corrected chi connectivity index (χ3v) is 5.56. The number of hydrogen-bond donors (Lipinski definition) is 2. The summed E-state index contributed by atoms with van der Waals surface area (Å²) in [7, 11) is 0. The highest BCUT2D eigenvalue weighted by Crippen LogP contribution is 2.26. The molecule has 3 unspecified atom stereocenters. The molecule has 5 heteroatoms. The van der Waals surface area contributed by atoms with Gasteiger partial charge < -0.3 is 10.6 Å². The smallest absolute Gasteiger partial charge is 0.234 e. The summed E-state index contributed by atoms with van der Waals surface area (Å²) in [5, 5.41) is 8.62. The van der Waals surface area contributed by atoms with E-state index in [1.54, 1.807) is 11.3 Å². The Bertz CT molecular complexity index is 448. The number of hydrogen-bond acceptors (Lipinski definition) is 4. The first-order chi connectivity index (χ1) is 9.72. The summed E-state index contributed by atoms with van der Waals surface area (Å²) in [6.07, 6.45) is 1.23. The third-order valence-electron chi connectivity index (χ3n) is 4.50. The van der Waals surface area contributed by atoms with E-state index in [9.17, 15) is 4.79 Å². The average Bonchev–Trinajstić information content (AvgIpc) is 3.09. The molecule has 0 aliphatic carbocycles. The molecule has 3 atom stereocenters. The van der Waals surface area contributed by atoms with Crippen molar-refractivity contribution in [3.63, 3.8) is 0 Å². The van der Waals surface area contributed by atoms with Crippen molar-refractivity contribution in [2.75, 3.05) is 32.7 Å². The van der Waals surface area contributed by atoms with E-state index in [-0.39, 0.29) is 11.9 Å². The summed E-state index contributed by atoms with van der Waals surface area (Å²) in [6, 6.07) is 4.22. The van der Waals surface area contributed by atoms with Crippen LogP contribution in [0.5, 0.6) is 0 Å². The quantitative estimate of drug-likeness (QED) is 0.883. The van der Waals surface area contributed by atoms with E-state index >= 15 is 0 Å². The predicted octanol–water partition coefficient (Wildman–Crippen LogP) is 1.47. The van der Waals surface area contributed by atoms with Gasteiger partial charge in [-0.25, -0.2) is 0 Å². The molecule has 1 aromatic rings. The molecule has 1 amide bonds. The van der Waals surface area contributed by atoms with Gasteiger partial charge in [-0.1, -0.05) is 6.07 Å². The second-order valence-electron chi connectivity index (χ2n) is 6.01. The van der Waals surface area contributed by atoms with Gasteiger partial charge in [0.1, 0.15) is 0 Å². The number of thiophene rings is 1. The van der Waals surface area contributed by atoms with Crippen LogP contribution in [0.25, 0.3) is 0 Å². The molecule has 1 aromatic heterocycles. The summed E-state index contributed by atoms with van der Waals surface area (Å²) < 4.78 is 0. The molecule has 2 N–H and O–H groups in total. The van der Waals surface area contributed by atoms with Crippen LogP contribution in [0.3, 0.4) is 0 Å². The van der Waals surface area contributed by atoms with E-state index in [1.165, 1.54) is 17.8 Å². The van der Waals surface area contributed by atoms with Gasteiger partial charge in [-0.3, -0.25) is 9.69 Å². The SMILES string of the molecule is CC(NC(=O)CN1CCC2CNCC2C1)c1cccs1. The number of carbonyl (C=O) groups excluding carboxylic acids is 1. The Kier molecular flexibility index (Phi) is 4.38. The minimum Gasteiger partial charge on any atom is -0.348 e. The Morgan fingerprint density at radius 3 is 3.20 bits per heavy atom. The summed E-state index contributed by atoms with van der Waals surface area (Å²) in [5.74, 6) is 1.72. The molecule has 3 heterocycles. The topological polar surface area (TPSA) is 44.4 Å². The van der Waals surface area contributed by atoms with Gasteiger partial charge in [0.15, 0.2) is 0 Å². The van der Waals surface area contributed by atoms with Crippen LogP contribution in [0.1, 0.15) is 24.3 Å². The molecule has 0 aromatic carbocycles. The fourth-order valence-electron chi connectivity index (χ4n) is 3.35. The maximum absolute atomic E-state index is 12.1. The molecular formula is C15H23N3OS. The van der Waals surface area contributed by atoms with Crippen molar-refractivity contribution in [2.24, 2.45) is 11.8 Å². The van der Waals surface area contributed by atoms with E-state index in [0.717, 1.165) is 31.5 Å². The molecule has 0 saturated carbocycles. The first kappa shape index (κ1) is 14.0. The van der Waals surface area contributed by atoms with Gasteiger partial charge in [-0.2, -0.15) is 0 Å². The molecule has 0 radical (unpaired) electrons. The number of likely N-dealkylation sites (tertiary alicyclic amines) is 1. The van der Waals surface area contributed by atoms with Crippen molar-refractivity contribution in [3.05, 3.63) is 22.4 Å². The number of amides is 1. The second kappa shape index (κ2) is 6.24. The lowest BCUT2D eigenvalue weighted by atomic mass is 9.89. The van der Waals surface area contributed by atoms with Crippen molar-refractivity contribution in [2.45, 2.75) is 19.4 Å². The molecule has 110 valence electrons. The van der Waals surface area contributed by atoms with Gasteiger partial charge in [0, 0.05) is 11.4 Å². The molecule has 2 aliphatic rings. The molecule has 2 saturated heterocycles. The van der Waals surface area contributed by atoms with Gasteiger partial charge in [0.2, 0.25) is 5.91 Å². The van der Waals surface area contributed by atoms with Crippen LogP contribution >= 0.6 is 11.3 Å². The molecule has 20 heavy (non-hydrogen) atoms. The zero-order valence-electron chi connectivity index (χ0n) is 12.0. The van der Waals surface area contributed by atoms with E-state index in [0.29, 0.717) is 6.54 Å². The normalized spacial score (nSPS) is 28.1. The van der Waals surface area contributed by atoms with E-state index in [2.05, 4.69) is 33.9 Å². The predicted molar refractivity (Wildman–Crippen MR) is 81.8 cm³/mol. The molecule has 3 rings (SSSR count). The second-order valence-corrected chi connectivity index (χ2v) is 6.99. The number of carbonyl (C=O) groups is 1. The molecule has 0 bridgehead atoms. The van der Waals surface area contributed by atoms with Crippen LogP contribution in [0.2, 0.25) is 0 Å². The van der Waals surface area contributed by atoms with Crippen molar-refractivity contribution >= 4 is 17.2 Å². The number of rotatable bonds is 4.